The number of hydrogen-bond donors (Lipinski definition) is 1. The first kappa shape index (κ1) is 12.5. The van der Waals surface area contributed by atoms with E-state index in [0.717, 1.165) is 23.1 Å². The van der Waals surface area contributed by atoms with Gasteiger partial charge in [0.25, 0.3) is 0 Å². The van der Waals surface area contributed by atoms with Crippen LogP contribution in [0.3, 0.4) is 0 Å². The van der Waals surface area contributed by atoms with Crippen LogP contribution in [0.2, 0.25) is 0 Å². The molecule has 0 bridgehead atoms. The van der Waals surface area contributed by atoms with E-state index in [1.54, 1.807) is 0 Å². The van der Waals surface area contributed by atoms with Crippen LogP contribution in [0.15, 0.2) is 67.2 Å². The quantitative estimate of drug-likeness (QED) is 0.680. The van der Waals surface area contributed by atoms with E-state index in [-0.39, 0.29) is 0 Å². The van der Waals surface area contributed by atoms with Gasteiger partial charge in [-0.1, -0.05) is 73.3 Å². The molecule has 3 aromatic carbocycles. The molecule has 0 fully saturated rings. The molecule has 0 heterocycles. The molecule has 2 N–H and O–H groups in total. The first-order valence-electron chi connectivity index (χ1n) is 6.75. The van der Waals surface area contributed by atoms with E-state index in [9.17, 15) is 0 Å². The van der Waals surface area contributed by atoms with Gasteiger partial charge in [0, 0.05) is 11.1 Å². The minimum atomic E-state index is 0.855. The maximum absolute atomic E-state index is 6.31. The molecule has 0 aromatic heterocycles. The Bertz CT molecular complexity index is 754. The highest BCUT2D eigenvalue weighted by Gasteiger charge is 2.05. The summed E-state index contributed by atoms with van der Waals surface area (Å²) in [7, 11) is 0. The topological polar surface area (TPSA) is 26.0 Å². The van der Waals surface area contributed by atoms with Crippen LogP contribution in [-0.4, -0.2) is 0 Å². The average Bonchev–Trinajstić information content (AvgIpc) is 2.51. The van der Waals surface area contributed by atoms with Gasteiger partial charge in [-0.05, 0) is 28.5 Å². The third-order valence-electron chi connectivity index (χ3n) is 3.67. The van der Waals surface area contributed by atoms with Crippen molar-refractivity contribution in [3.8, 4) is 0 Å². The zero-order chi connectivity index (χ0) is 13.9. The van der Waals surface area contributed by atoms with Gasteiger partial charge < -0.3 is 5.73 Å². The van der Waals surface area contributed by atoms with Crippen LogP contribution < -0.4 is 5.73 Å². The zero-order valence-electron chi connectivity index (χ0n) is 11.3. The van der Waals surface area contributed by atoms with Crippen molar-refractivity contribution < 1.29 is 0 Å². The van der Waals surface area contributed by atoms with Crippen LogP contribution in [-0.2, 0) is 6.42 Å². The number of rotatable bonds is 3. The molecular weight excluding hydrogens is 242 g/mol. The Morgan fingerprint density at radius 1 is 0.900 bits per heavy atom. The molecule has 0 spiro atoms. The second-order valence-corrected chi connectivity index (χ2v) is 4.98. The van der Waals surface area contributed by atoms with Gasteiger partial charge >= 0.3 is 0 Å². The Labute approximate surface area is 119 Å². The van der Waals surface area contributed by atoms with Crippen LogP contribution in [0.25, 0.3) is 16.8 Å². The summed E-state index contributed by atoms with van der Waals surface area (Å²) >= 11 is 0. The molecule has 0 unspecified atom stereocenters. The Morgan fingerprint density at radius 3 is 2.40 bits per heavy atom. The minimum Gasteiger partial charge on any atom is -0.398 e. The average molecular weight is 259 g/mol. The number of benzene rings is 3. The normalized spacial score (nSPS) is 10.6. The smallest absolute Gasteiger partial charge is 0.0429 e. The Kier molecular flexibility index (Phi) is 3.26. The summed E-state index contributed by atoms with van der Waals surface area (Å²) in [4.78, 5) is 0. The molecule has 0 aliphatic heterocycles. The molecule has 0 aliphatic rings. The fourth-order valence-electron chi connectivity index (χ4n) is 2.49. The van der Waals surface area contributed by atoms with Crippen molar-refractivity contribution in [2.45, 2.75) is 6.42 Å². The Hall–Kier alpha value is -2.54. The van der Waals surface area contributed by atoms with E-state index in [1.807, 2.05) is 18.2 Å². The van der Waals surface area contributed by atoms with Gasteiger partial charge in [0.15, 0.2) is 0 Å². The van der Waals surface area contributed by atoms with Crippen molar-refractivity contribution in [1.29, 1.82) is 0 Å². The lowest BCUT2D eigenvalue weighted by molar-refractivity contribution is 1.20. The molecular formula is C19H17N. The van der Waals surface area contributed by atoms with Crippen LogP contribution in [0, 0.1) is 0 Å². The van der Waals surface area contributed by atoms with Gasteiger partial charge in [0.1, 0.15) is 0 Å². The van der Waals surface area contributed by atoms with Crippen LogP contribution in [0.5, 0.6) is 0 Å². The Morgan fingerprint density at radius 2 is 1.65 bits per heavy atom. The fraction of sp³-hybridized carbons (Fsp3) is 0.0526. The van der Waals surface area contributed by atoms with Gasteiger partial charge in [-0.15, -0.1) is 0 Å². The highest BCUT2D eigenvalue weighted by atomic mass is 14.6. The van der Waals surface area contributed by atoms with Gasteiger partial charge in [-0.3, -0.25) is 0 Å². The second-order valence-electron chi connectivity index (χ2n) is 4.98. The van der Waals surface area contributed by atoms with Crippen molar-refractivity contribution in [3.63, 3.8) is 0 Å². The van der Waals surface area contributed by atoms with E-state index < -0.39 is 0 Å². The summed E-state index contributed by atoms with van der Waals surface area (Å²) in [5.74, 6) is 0. The van der Waals surface area contributed by atoms with Crippen molar-refractivity contribution in [3.05, 3.63) is 83.9 Å². The standard InChI is InChI=1S/C19H17N/c1-2-14-7-9-15(10-8-14)13-17-12-11-16-5-3-4-6-18(16)19(17)20/h2-12H,1,13,20H2. The molecule has 0 saturated heterocycles. The van der Waals surface area contributed by atoms with Gasteiger partial charge in [0.2, 0.25) is 0 Å². The van der Waals surface area contributed by atoms with E-state index >= 15 is 0 Å². The lowest BCUT2D eigenvalue weighted by Gasteiger charge is -2.09. The fourth-order valence-corrected chi connectivity index (χ4v) is 2.49. The monoisotopic (exact) mass is 259 g/mol. The third-order valence-corrected chi connectivity index (χ3v) is 3.67. The van der Waals surface area contributed by atoms with Crippen molar-refractivity contribution in [2.24, 2.45) is 0 Å². The molecule has 1 heteroatoms. The summed E-state index contributed by atoms with van der Waals surface area (Å²) in [6.07, 6.45) is 2.71. The predicted molar refractivity (Wildman–Crippen MR) is 87.7 cm³/mol. The van der Waals surface area contributed by atoms with E-state index in [1.165, 1.54) is 16.5 Å². The molecule has 20 heavy (non-hydrogen) atoms. The zero-order valence-corrected chi connectivity index (χ0v) is 11.3. The number of hydrogen-bond acceptors (Lipinski definition) is 1. The molecule has 0 amide bonds. The predicted octanol–water partition coefficient (Wildman–Crippen LogP) is 4.66. The van der Waals surface area contributed by atoms with Crippen molar-refractivity contribution in [2.75, 3.05) is 5.73 Å². The van der Waals surface area contributed by atoms with Gasteiger partial charge in [-0.2, -0.15) is 0 Å². The first-order valence-corrected chi connectivity index (χ1v) is 6.75. The molecule has 0 saturated carbocycles. The SMILES string of the molecule is C=Cc1ccc(Cc2ccc3ccccc3c2N)cc1. The van der Waals surface area contributed by atoms with Crippen LogP contribution in [0.4, 0.5) is 5.69 Å². The summed E-state index contributed by atoms with van der Waals surface area (Å²) in [6.45, 7) is 3.77. The van der Waals surface area contributed by atoms with Crippen molar-refractivity contribution in [1.82, 2.24) is 0 Å². The minimum absolute atomic E-state index is 0.855. The van der Waals surface area contributed by atoms with Gasteiger partial charge in [-0.25, -0.2) is 0 Å². The molecule has 0 radical (unpaired) electrons. The van der Waals surface area contributed by atoms with Gasteiger partial charge in [0.05, 0.1) is 0 Å². The summed E-state index contributed by atoms with van der Waals surface area (Å²) in [5, 5.41) is 2.32. The summed E-state index contributed by atoms with van der Waals surface area (Å²) < 4.78 is 0. The summed E-state index contributed by atoms with van der Waals surface area (Å²) in [5.41, 5.74) is 10.8. The number of nitrogens with two attached hydrogens (primary N) is 1. The maximum atomic E-state index is 6.31. The number of anilines is 1. The maximum Gasteiger partial charge on any atom is 0.0429 e. The van der Waals surface area contributed by atoms with E-state index in [2.05, 4.69) is 55.1 Å². The lowest BCUT2D eigenvalue weighted by atomic mass is 9.98. The Balaban J connectivity index is 1.97. The second kappa shape index (κ2) is 5.22. The number of fused-ring (bicyclic) bond motifs is 1. The largest absolute Gasteiger partial charge is 0.398 e. The van der Waals surface area contributed by atoms with Crippen LogP contribution >= 0.6 is 0 Å². The molecule has 3 aromatic rings. The molecule has 0 aliphatic carbocycles. The third kappa shape index (κ3) is 2.30. The van der Waals surface area contributed by atoms with E-state index in [0.29, 0.717) is 0 Å². The molecule has 98 valence electrons. The first-order chi connectivity index (χ1) is 9.78. The molecule has 3 rings (SSSR count). The highest BCUT2D eigenvalue weighted by molar-refractivity contribution is 5.94. The lowest BCUT2D eigenvalue weighted by Crippen LogP contribution is -1.97. The van der Waals surface area contributed by atoms with E-state index in [4.69, 9.17) is 5.73 Å². The molecule has 1 nitrogen and oxygen atoms in total. The summed E-state index contributed by atoms with van der Waals surface area (Å²) in [6, 6.07) is 20.9. The van der Waals surface area contributed by atoms with Crippen LogP contribution in [0.1, 0.15) is 16.7 Å². The number of nitrogen functional groups attached to an aromatic ring is 1. The molecule has 0 atom stereocenters. The van der Waals surface area contributed by atoms with Crippen molar-refractivity contribution >= 4 is 22.5 Å². The highest BCUT2D eigenvalue weighted by Crippen LogP contribution is 2.26.